The van der Waals surface area contributed by atoms with Gasteiger partial charge in [0, 0.05) is 11.8 Å². The van der Waals surface area contributed by atoms with Gasteiger partial charge >= 0.3 is 0 Å². The van der Waals surface area contributed by atoms with Crippen LogP contribution in [0.1, 0.15) is 12.5 Å². The number of nitro groups is 1. The number of nitro benzene ring substituents is 1. The smallest absolute Gasteiger partial charge is 0.266 e. The normalized spacial score (nSPS) is 11.6. The predicted octanol–water partition coefficient (Wildman–Crippen LogP) is 2.41. The van der Waals surface area contributed by atoms with E-state index >= 15 is 0 Å². The van der Waals surface area contributed by atoms with E-state index in [4.69, 9.17) is 4.74 Å². The molecule has 134 valence electrons. The quantitative estimate of drug-likeness (QED) is 0.431. The Bertz CT molecular complexity index is 1010. The summed E-state index contributed by atoms with van der Waals surface area (Å²) in [6, 6.07) is 11.0. The third kappa shape index (κ3) is 3.81. The van der Waals surface area contributed by atoms with Crippen molar-refractivity contribution in [3.05, 3.63) is 63.0 Å². The van der Waals surface area contributed by atoms with Crippen molar-refractivity contribution in [2.75, 3.05) is 6.61 Å². The summed E-state index contributed by atoms with van der Waals surface area (Å²) >= 11 is 0. The molecule has 0 saturated heterocycles. The van der Waals surface area contributed by atoms with Gasteiger partial charge in [-0.05, 0) is 36.8 Å². The van der Waals surface area contributed by atoms with Gasteiger partial charge < -0.3 is 9.84 Å². The summed E-state index contributed by atoms with van der Waals surface area (Å²) in [6.07, 6.45) is 0.970. The van der Waals surface area contributed by atoms with Gasteiger partial charge in [0.2, 0.25) is 9.84 Å². The Labute approximate surface area is 149 Å². The highest BCUT2D eigenvalue weighted by Crippen LogP contribution is 2.36. The molecule has 9 heteroatoms. The Morgan fingerprint density at radius 1 is 1.31 bits per heavy atom. The van der Waals surface area contributed by atoms with Crippen molar-refractivity contribution in [1.82, 2.24) is 0 Å². The maximum atomic E-state index is 12.5. The van der Waals surface area contributed by atoms with Gasteiger partial charge in [-0.3, -0.25) is 10.1 Å². The summed E-state index contributed by atoms with van der Waals surface area (Å²) < 4.78 is 30.2. The van der Waals surface area contributed by atoms with Gasteiger partial charge in [-0.25, -0.2) is 8.42 Å². The monoisotopic (exact) mass is 373 g/mol. The van der Waals surface area contributed by atoms with Crippen molar-refractivity contribution in [1.29, 1.82) is 5.26 Å². The molecular weight excluding hydrogens is 360 g/mol. The minimum Gasteiger partial charge on any atom is -0.865 e. The van der Waals surface area contributed by atoms with Crippen molar-refractivity contribution in [3.63, 3.8) is 0 Å². The third-order valence-electron chi connectivity index (χ3n) is 3.31. The minimum absolute atomic E-state index is 0.00388. The molecule has 0 aliphatic carbocycles. The molecule has 0 saturated carbocycles. The lowest BCUT2D eigenvalue weighted by Crippen LogP contribution is -2.05. The Kier molecular flexibility index (Phi) is 5.59. The summed E-state index contributed by atoms with van der Waals surface area (Å²) in [5.74, 6) is -1.21. The van der Waals surface area contributed by atoms with E-state index in [2.05, 4.69) is 0 Å². The van der Waals surface area contributed by atoms with Crippen molar-refractivity contribution in [3.8, 4) is 17.6 Å². The number of rotatable bonds is 6. The average molecular weight is 373 g/mol. The molecule has 0 aromatic heterocycles. The predicted molar refractivity (Wildman–Crippen MR) is 90.9 cm³/mol. The fourth-order valence-electron chi connectivity index (χ4n) is 2.14. The van der Waals surface area contributed by atoms with E-state index in [0.29, 0.717) is 0 Å². The highest BCUT2D eigenvalue weighted by molar-refractivity contribution is 7.95. The topological polar surface area (TPSA) is 133 Å². The third-order valence-corrected chi connectivity index (χ3v) is 4.99. The van der Waals surface area contributed by atoms with Crippen LogP contribution < -0.4 is 9.84 Å². The number of nitriles is 1. The van der Waals surface area contributed by atoms with Crippen LogP contribution in [0, 0.1) is 21.4 Å². The van der Waals surface area contributed by atoms with Crippen LogP contribution in [0.5, 0.6) is 11.5 Å². The SMILES string of the molecule is CCOc1cc(/C=C(\C#N)S(=O)(=O)c2ccccc2)cc([N+](=O)[O-])c1[O-]. The van der Waals surface area contributed by atoms with E-state index in [9.17, 15) is 28.9 Å². The lowest BCUT2D eigenvalue weighted by atomic mass is 10.1. The van der Waals surface area contributed by atoms with Gasteiger partial charge in [0.1, 0.15) is 16.7 Å². The molecule has 2 aromatic carbocycles. The number of nitrogens with zero attached hydrogens (tertiary/aromatic N) is 2. The van der Waals surface area contributed by atoms with E-state index in [0.717, 1.165) is 18.2 Å². The van der Waals surface area contributed by atoms with Crippen LogP contribution in [0.15, 0.2) is 52.3 Å². The second-order valence-electron chi connectivity index (χ2n) is 4.99. The van der Waals surface area contributed by atoms with Crippen LogP contribution in [0.25, 0.3) is 6.08 Å². The van der Waals surface area contributed by atoms with Crippen molar-refractivity contribution < 1.29 is 23.2 Å². The van der Waals surface area contributed by atoms with E-state index < -0.39 is 31.1 Å². The number of sulfone groups is 1. The van der Waals surface area contributed by atoms with Crippen molar-refractivity contribution in [2.45, 2.75) is 11.8 Å². The number of hydrogen-bond donors (Lipinski definition) is 0. The summed E-state index contributed by atoms with van der Waals surface area (Å²) in [5, 5.41) is 32.3. The van der Waals surface area contributed by atoms with Crippen LogP contribution in [-0.2, 0) is 9.84 Å². The number of allylic oxidation sites excluding steroid dienone is 1. The van der Waals surface area contributed by atoms with Gasteiger partial charge in [0.05, 0.1) is 16.4 Å². The molecule has 0 radical (unpaired) electrons. The fourth-order valence-corrected chi connectivity index (χ4v) is 3.32. The zero-order valence-corrected chi connectivity index (χ0v) is 14.4. The first-order valence-corrected chi connectivity index (χ1v) is 8.83. The first kappa shape index (κ1) is 19.0. The van der Waals surface area contributed by atoms with Gasteiger partial charge in [0.15, 0.2) is 0 Å². The van der Waals surface area contributed by atoms with Crippen LogP contribution in [0.3, 0.4) is 0 Å². The molecule has 0 heterocycles. The Hall–Kier alpha value is -3.38. The zero-order valence-electron chi connectivity index (χ0n) is 13.6. The Morgan fingerprint density at radius 2 is 1.96 bits per heavy atom. The highest BCUT2D eigenvalue weighted by atomic mass is 32.2. The molecule has 0 aliphatic rings. The zero-order chi connectivity index (χ0) is 19.3. The molecule has 26 heavy (non-hydrogen) atoms. The van der Waals surface area contributed by atoms with Gasteiger partial charge in [-0.2, -0.15) is 5.26 Å². The molecule has 0 fully saturated rings. The van der Waals surface area contributed by atoms with E-state index in [1.165, 1.54) is 24.3 Å². The van der Waals surface area contributed by atoms with Crippen LogP contribution >= 0.6 is 0 Å². The van der Waals surface area contributed by atoms with Crippen molar-refractivity contribution in [2.24, 2.45) is 0 Å². The molecule has 0 spiro atoms. The average Bonchev–Trinajstić information content (AvgIpc) is 2.62. The lowest BCUT2D eigenvalue weighted by molar-refractivity contribution is -0.398. The van der Waals surface area contributed by atoms with Gasteiger partial charge in [-0.15, -0.1) is 0 Å². The van der Waals surface area contributed by atoms with E-state index in [1.807, 2.05) is 0 Å². The largest absolute Gasteiger partial charge is 0.865 e. The lowest BCUT2D eigenvalue weighted by Gasteiger charge is -2.14. The molecule has 0 aliphatic heterocycles. The summed E-state index contributed by atoms with van der Waals surface area (Å²) in [5.41, 5.74) is -0.771. The number of ether oxygens (including phenoxy) is 1. The van der Waals surface area contributed by atoms with Gasteiger partial charge in [-0.1, -0.05) is 18.2 Å². The van der Waals surface area contributed by atoms with Gasteiger partial charge in [0.25, 0.3) is 5.69 Å². The maximum Gasteiger partial charge on any atom is 0.266 e. The van der Waals surface area contributed by atoms with E-state index in [1.54, 1.807) is 19.1 Å². The summed E-state index contributed by atoms with van der Waals surface area (Å²) in [7, 11) is -4.11. The molecule has 0 unspecified atom stereocenters. The second kappa shape index (κ2) is 7.67. The Morgan fingerprint density at radius 3 is 2.50 bits per heavy atom. The molecule has 0 atom stereocenters. The molecule has 0 bridgehead atoms. The standard InChI is InChI=1S/C17H14N2O6S/c1-2-25-16-10-12(9-15(17(16)20)19(21)22)8-14(11-18)26(23,24)13-6-4-3-5-7-13/h3-10,20H,2H2,1H3/p-1/b14-8+. The molecule has 2 aromatic rings. The first-order chi connectivity index (χ1) is 12.3. The number of hydrogen-bond acceptors (Lipinski definition) is 7. The van der Waals surface area contributed by atoms with Crippen LogP contribution in [-0.4, -0.2) is 19.9 Å². The summed E-state index contributed by atoms with van der Waals surface area (Å²) in [4.78, 5) is 9.46. The molecule has 8 nitrogen and oxygen atoms in total. The van der Waals surface area contributed by atoms with E-state index in [-0.39, 0.29) is 22.8 Å². The second-order valence-corrected chi connectivity index (χ2v) is 6.91. The summed E-state index contributed by atoms with van der Waals surface area (Å²) in [6.45, 7) is 1.68. The van der Waals surface area contributed by atoms with Crippen molar-refractivity contribution >= 4 is 21.6 Å². The molecule has 2 rings (SSSR count). The first-order valence-electron chi connectivity index (χ1n) is 7.35. The Balaban J connectivity index is 2.63. The molecular formula is C17H13N2O6S-. The number of benzene rings is 2. The fraction of sp³-hybridized carbons (Fsp3) is 0.118. The molecule has 0 amide bonds. The van der Waals surface area contributed by atoms with Crippen LogP contribution in [0.4, 0.5) is 5.69 Å². The minimum atomic E-state index is -4.11. The molecule has 0 N–H and O–H groups in total. The maximum absolute atomic E-state index is 12.5. The van der Waals surface area contributed by atoms with Crippen LogP contribution in [0.2, 0.25) is 0 Å². The highest BCUT2D eigenvalue weighted by Gasteiger charge is 2.21.